The molecule has 19 heavy (non-hydrogen) atoms. The van der Waals surface area contributed by atoms with Crippen LogP contribution in [0.25, 0.3) is 0 Å². The lowest BCUT2D eigenvalue weighted by Crippen LogP contribution is -2.43. The first-order valence-corrected chi connectivity index (χ1v) is 8.31. The van der Waals surface area contributed by atoms with Crippen LogP contribution in [0.5, 0.6) is 0 Å². The average molecular weight is 282 g/mol. The van der Waals surface area contributed by atoms with Gasteiger partial charge >= 0.3 is 0 Å². The van der Waals surface area contributed by atoms with Crippen molar-refractivity contribution in [3.8, 4) is 0 Å². The normalized spacial score (nSPS) is 17.8. The number of likely N-dealkylation sites (N-methyl/N-ethyl adjacent to an activating group) is 1. The molecule has 0 saturated carbocycles. The van der Waals surface area contributed by atoms with Gasteiger partial charge in [0.25, 0.3) is 0 Å². The van der Waals surface area contributed by atoms with Crippen LogP contribution >= 0.6 is 0 Å². The van der Waals surface area contributed by atoms with Crippen LogP contribution in [0.2, 0.25) is 0 Å². The van der Waals surface area contributed by atoms with E-state index in [9.17, 15) is 8.42 Å². The fourth-order valence-corrected chi connectivity index (χ4v) is 4.09. The maximum absolute atomic E-state index is 12.4. The van der Waals surface area contributed by atoms with Crippen LogP contribution in [-0.2, 0) is 16.4 Å². The van der Waals surface area contributed by atoms with Crippen LogP contribution in [0, 0.1) is 0 Å². The number of benzene rings is 1. The first-order valence-electron chi connectivity index (χ1n) is 6.80. The molecule has 4 nitrogen and oxygen atoms in total. The maximum Gasteiger partial charge on any atom is 0.216 e. The van der Waals surface area contributed by atoms with Crippen LogP contribution in [0.1, 0.15) is 18.4 Å². The number of hydrogen-bond acceptors (Lipinski definition) is 3. The number of rotatable bonds is 5. The molecular weight excluding hydrogens is 260 g/mol. The standard InChI is InChI=1S/C14H22N2O2S/c1-16(12-9-13-5-3-2-4-6-13)19(17,18)14-7-10-15-11-8-14/h2-6,14-15H,7-12H2,1H3. The van der Waals surface area contributed by atoms with Crippen LogP contribution in [0.3, 0.4) is 0 Å². The summed E-state index contributed by atoms with van der Waals surface area (Å²) in [4.78, 5) is 0. The summed E-state index contributed by atoms with van der Waals surface area (Å²) in [7, 11) is -1.44. The smallest absolute Gasteiger partial charge is 0.216 e. The van der Waals surface area contributed by atoms with Crippen molar-refractivity contribution in [1.29, 1.82) is 0 Å². The van der Waals surface area contributed by atoms with Gasteiger partial charge in [0.1, 0.15) is 0 Å². The van der Waals surface area contributed by atoms with Crippen molar-refractivity contribution in [2.24, 2.45) is 0 Å². The molecule has 1 heterocycles. The highest BCUT2D eigenvalue weighted by Gasteiger charge is 2.30. The summed E-state index contributed by atoms with van der Waals surface area (Å²) in [5.74, 6) is 0. The Hall–Kier alpha value is -0.910. The van der Waals surface area contributed by atoms with Crippen molar-refractivity contribution in [2.45, 2.75) is 24.5 Å². The van der Waals surface area contributed by atoms with Crippen molar-refractivity contribution < 1.29 is 8.42 Å². The molecule has 1 saturated heterocycles. The van der Waals surface area contributed by atoms with Crippen molar-refractivity contribution in [3.63, 3.8) is 0 Å². The summed E-state index contributed by atoms with van der Waals surface area (Å²) in [6.07, 6.45) is 2.21. The predicted molar refractivity (Wildman–Crippen MR) is 77.6 cm³/mol. The molecule has 0 aromatic heterocycles. The molecule has 106 valence electrons. The highest BCUT2D eigenvalue weighted by molar-refractivity contribution is 7.89. The second kappa shape index (κ2) is 6.50. The Labute approximate surface area is 115 Å². The molecular formula is C14H22N2O2S. The largest absolute Gasteiger partial charge is 0.317 e. The lowest BCUT2D eigenvalue weighted by molar-refractivity contribution is 0.433. The fraction of sp³-hybridized carbons (Fsp3) is 0.571. The minimum atomic E-state index is -3.14. The van der Waals surface area contributed by atoms with E-state index in [1.165, 1.54) is 9.87 Å². The van der Waals surface area contributed by atoms with E-state index in [4.69, 9.17) is 0 Å². The molecule has 0 spiro atoms. The molecule has 0 amide bonds. The molecule has 1 aliphatic rings. The Morgan fingerprint density at radius 2 is 1.84 bits per heavy atom. The Balaban J connectivity index is 1.93. The predicted octanol–water partition coefficient (Wildman–Crippen LogP) is 1.24. The zero-order chi connectivity index (χ0) is 13.7. The monoisotopic (exact) mass is 282 g/mol. The number of sulfonamides is 1. The van der Waals surface area contributed by atoms with Gasteiger partial charge in [-0.05, 0) is 37.9 Å². The topological polar surface area (TPSA) is 49.4 Å². The van der Waals surface area contributed by atoms with Crippen molar-refractivity contribution in [1.82, 2.24) is 9.62 Å². The second-order valence-corrected chi connectivity index (χ2v) is 7.37. The van der Waals surface area contributed by atoms with Gasteiger partial charge in [0.15, 0.2) is 0 Å². The van der Waals surface area contributed by atoms with E-state index in [-0.39, 0.29) is 5.25 Å². The van der Waals surface area contributed by atoms with Crippen LogP contribution < -0.4 is 5.32 Å². The van der Waals surface area contributed by atoms with Crippen molar-refractivity contribution in [3.05, 3.63) is 35.9 Å². The molecule has 1 N–H and O–H groups in total. The van der Waals surface area contributed by atoms with Gasteiger partial charge < -0.3 is 5.32 Å². The van der Waals surface area contributed by atoms with Gasteiger partial charge in [-0.1, -0.05) is 30.3 Å². The first-order chi connectivity index (χ1) is 9.10. The SMILES string of the molecule is CN(CCc1ccccc1)S(=O)(=O)C1CCNCC1. The van der Waals surface area contributed by atoms with Crippen LogP contribution in [0.4, 0.5) is 0 Å². The average Bonchev–Trinajstić information content (AvgIpc) is 2.46. The lowest BCUT2D eigenvalue weighted by Gasteiger charge is -2.27. The van der Waals surface area contributed by atoms with Gasteiger partial charge in [-0.3, -0.25) is 0 Å². The third-order valence-corrected chi connectivity index (χ3v) is 6.07. The zero-order valence-corrected chi connectivity index (χ0v) is 12.2. The van der Waals surface area contributed by atoms with E-state index in [1.807, 2.05) is 30.3 Å². The molecule has 0 atom stereocenters. The maximum atomic E-state index is 12.4. The summed E-state index contributed by atoms with van der Waals surface area (Å²) < 4.78 is 26.3. The molecule has 0 unspecified atom stereocenters. The Kier molecular flexibility index (Phi) is 4.96. The van der Waals surface area contributed by atoms with Gasteiger partial charge in [-0.25, -0.2) is 12.7 Å². The van der Waals surface area contributed by atoms with Crippen LogP contribution in [0.15, 0.2) is 30.3 Å². The summed E-state index contributed by atoms with van der Waals surface area (Å²) in [5.41, 5.74) is 1.18. The van der Waals surface area contributed by atoms with E-state index in [0.717, 1.165) is 32.4 Å². The van der Waals surface area contributed by atoms with Crippen LogP contribution in [-0.4, -0.2) is 44.7 Å². The first kappa shape index (κ1) is 14.5. The summed E-state index contributed by atoms with van der Waals surface area (Å²) >= 11 is 0. The Morgan fingerprint density at radius 1 is 1.21 bits per heavy atom. The van der Waals surface area contributed by atoms with E-state index in [2.05, 4.69) is 5.32 Å². The number of hydrogen-bond donors (Lipinski definition) is 1. The Morgan fingerprint density at radius 3 is 2.47 bits per heavy atom. The minimum absolute atomic E-state index is 0.213. The van der Waals surface area contributed by atoms with E-state index >= 15 is 0 Å². The molecule has 5 heteroatoms. The highest BCUT2D eigenvalue weighted by atomic mass is 32.2. The highest BCUT2D eigenvalue weighted by Crippen LogP contribution is 2.17. The number of piperidine rings is 1. The van der Waals surface area contributed by atoms with Gasteiger partial charge in [-0.15, -0.1) is 0 Å². The number of nitrogens with one attached hydrogen (secondary N) is 1. The van der Waals surface area contributed by atoms with Gasteiger partial charge in [0, 0.05) is 13.6 Å². The summed E-state index contributed by atoms with van der Waals surface area (Å²) in [6.45, 7) is 2.16. The third kappa shape index (κ3) is 3.78. The molecule has 2 rings (SSSR count). The molecule has 1 fully saturated rings. The molecule has 1 aromatic carbocycles. The molecule has 1 aromatic rings. The minimum Gasteiger partial charge on any atom is -0.317 e. The third-order valence-electron chi connectivity index (χ3n) is 3.70. The zero-order valence-electron chi connectivity index (χ0n) is 11.4. The lowest BCUT2D eigenvalue weighted by atomic mass is 10.1. The molecule has 0 aliphatic carbocycles. The second-order valence-electron chi connectivity index (χ2n) is 5.05. The van der Waals surface area contributed by atoms with E-state index < -0.39 is 10.0 Å². The number of nitrogens with zero attached hydrogens (tertiary/aromatic N) is 1. The molecule has 1 aliphatic heterocycles. The van der Waals surface area contributed by atoms with E-state index in [0.29, 0.717) is 6.54 Å². The quantitative estimate of drug-likeness (QED) is 0.884. The van der Waals surface area contributed by atoms with E-state index in [1.54, 1.807) is 7.05 Å². The van der Waals surface area contributed by atoms with Crippen molar-refractivity contribution >= 4 is 10.0 Å². The molecule has 0 bridgehead atoms. The summed E-state index contributed by atoms with van der Waals surface area (Å²) in [5, 5.41) is 2.99. The fourth-order valence-electron chi connectivity index (χ4n) is 2.41. The van der Waals surface area contributed by atoms with Gasteiger partial charge in [0.2, 0.25) is 10.0 Å². The van der Waals surface area contributed by atoms with Gasteiger partial charge in [0.05, 0.1) is 5.25 Å². The van der Waals surface area contributed by atoms with Crippen molar-refractivity contribution in [2.75, 3.05) is 26.7 Å². The molecule has 0 radical (unpaired) electrons. The summed E-state index contributed by atoms with van der Waals surface area (Å²) in [6, 6.07) is 10.0. The van der Waals surface area contributed by atoms with Gasteiger partial charge in [-0.2, -0.15) is 0 Å². The Bertz CT molecular complexity index is 481.